The third-order valence-corrected chi connectivity index (χ3v) is 8.09. The Morgan fingerprint density at radius 3 is 2.28 bits per heavy atom. The second kappa shape index (κ2) is 21.0. The van der Waals surface area contributed by atoms with E-state index in [0.29, 0.717) is 39.3 Å². The molecule has 290 valence electrons. The van der Waals surface area contributed by atoms with Crippen LogP contribution in [0.4, 0.5) is 10.1 Å². The number of rotatable bonds is 22. The first kappa shape index (κ1) is 42.5. The third-order valence-electron chi connectivity index (χ3n) is 8.09. The average molecular weight is 753 g/mol. The molecule has 0 aliphatic rings. The van der Waals surface area contributed by atoms with E-state index in [2.05, 4.69) is 21.6 Å². The number of carbonyl (C=O) groups excluding carboxylic acids is 2. The first-order valence-corrected chi connectivity index (χ1v) is 17.2. The summed E-state index contributed by atoms with van der Waals surface area (Å²) in [5.74, 6) is -2.01. The van der Waals surface area contributed by atoms with Crippen molar-refractivity contribution in [2.24, 2.45) is 0 Å². The van der Waals surface area contributed by atoms with Gasteiger partial charge in [0.25, 0.3) is 16.1 Å². The number of allylic oxidation sites excluding steroid dienone is 5. The predicted molar refractivity (Wildman–Crippen MR) is 198 cm³/mol. The van der Waals surface area contributed by atoms with Crippen molar-refractivity contribution in [2.75, 3.05) is 18.5 Å². The number of para-hydroxylation sites is 1. The molecule has 3 rings (SSSR count). The fourth-order valence-corrected chi connectivity index (χ4v) is 5.91. The zero-order chi connectivity index (χ0) is 39.8. The maximum Gasteiger partial charge on any atom is 0.308 e. The monoisotopic (exact) mass is 752 g/mol. The molecule has 0 radical (unpaired) electrons. The van der Waals surface area contributed by atoms with Gasteiger partial charge in [-0.15, -0.1) is 20.2 Å². The molecule has 1 unspecified atom stereocenters. The molecule has 1 aromatic heterocycles. The minimum absolute atomic E-state index is 0.0627. The van der Waals surface area contributed by atoms with E-state index in [1.807, 2.05) is 43.6 Å². The van der Waals surface area contributed by atoms with Gasteiger partial charge in [0, 0.05) is 29.9 Å². The topological polar surface area (TPSA) is 206 Å². The molecule has 3 N–H and O–H groups in total. The Morgan fingerprint density at radius 1 is 1.00 bits per heavy atom. The van der Waals surface area contributed by atoms with E-state index in [9.17, 15) is 44.4 Å². The Bertz CT molecular complexity index is 1810. The van der Waals surface area contributed by atoms with Crippen LogP contribution in [0.2, 0.25) is 0 Å². The standard InChI is InChI=1S/C38H45FN4O11/c1-5-10-26(11-6-2)34-35(38(47)40-29-12-8-7-9-13-29)36(25(3)4)41(37(34)27-14-16-28(39)17-15-27)20-18-30(44)22-31(45)23-33(46)52-24-32(54-43(50)51)19-21-53-42(48)49/h5-17,25,30-32,44-45H,1,18-24H2,2-4H3,(H,40,47)/b11-6-,26-10+/t30-,31-,32?/m1/s1. The fourth-order valence-electron chi connectivity index (χ4n) is 5.91. The van der Waals surface area contributed by atoms with Gasteiger partial charge in [0.15, 0.2) is 0 Å². The van der Waals surface area contributed by atoms with E-state index >= 15 is 0 Å². The molecule has 1 heterocycles. The number of hydrogen-bond donors (Lipinski definition) is 3. The highest BCUT2D eigenvalue weighted by atomic mass is 19.1. The molecule has 3 aromatic rings. The number of carbonyl (C=O) groups is 2. The van der Waals surface area contributed by atoms with Gasteiger partial charge in [-0.1, -0.05) is 62.9 Å². The number of aliphatic hydroxyl groups is 2. The lowest BCUT2D eigenvalue weighted by Crippen LogP contribution is -2.28. The highest BCUT2D eigenvalue weighted by Crippen LogP contribution is 2.41. The first-order chi connectivity index (χ1) is 25.7. The average Bonchev–Trinajstić information content (AvgIpc) is 3.45. The van der Waals surface area contributed by atoms with Gasteiger partial charge in [-0.05, 0) is 73.2 Å². The summed E-state index contributed by atoms with van der Waals surface area (Å²) in [5.41, 5.74) is 4.02. The van der Waals surface area contributed by atoms with E-state index in [1.54, 1.807) is 48.6 Å². The van der Waals surface area contributed by atoms with E-state index in [-0.39, 0.29) is 37.6 Å². The van der Waals surface area contributed by atoms with Crippen molar-refractivity contribution in [3.63, 3.8) is 0 Å². The number of hydrogen-bond acceptors (Lipinski definition) is 11. The van der Waals surface area contributed by atoms with Gasteiger partial charge < -0.3 is 34.5 Å². The Kier molecular flexibility index (Phi) is 16.5. The molecule has 0 spiro atoms. The number of aliphatic hydroxyl groups excluding tert-OH is 2. The fraction of sp³-hybridized carbons (Fsp3) is 0.368. The largest absolute Gasteiger partial charge is 0.463 e. The van der Waals surface area contributed by atoms with Crippen LogP contribution in [-0.4, -0.2) is 68.4 Å². The van der Waals surface area contributed by atoms with Crippen LogP contribution in [-0.2, 0) is 25.8 Å². The molecular weight excluding hydrogens is 707 g/mol. The van der Waals surface area contributed by atoms with Gasteiger partial charge in [0.1, 0.15) is 18.5 Å². The quantitative estimate of drug-likeness (QED) is 0.0442. The molecule has 0 bridgehead atoms. The van der Waals surface area contributed by atoms with Gasteiger partial charge in [0.05, 0.1) is 36.5 Å². The Hall–Kier alpha value is -5.87. The molecular formula is C38H45FN4O11. The van der Waals surface area contributed by atoms with Crippen molar-refractivity contribution >= 4 is 23.1 Å². The van der Waals surface area contributed by atoms with Crippen LogP contribution < -0.4 is 5.32 Å². The van der Waals surface area contributed by atoms with E-state index in [4.69, 9.17) is 4.74 Å². The molecule has 0 aliphatic carbocycles. The highest BCUT2D eigenvalue weighted by molar-refractivity contribution is 6.11. The summed E-state index contributed by atoms with van der Waals surface area (Å²) in [6.45, 7) is 8.54. The molecule has 15 nitrogen and oxygen atoms in total. The van der Waals surface area contributed by atoms with Crippen LogP contribution >= 0.6 is 0 Å². The third kappa shape index (κ3) is 12.7. The molecule has 16 heteroatoms. The zero-order valence-corrected chi connectivity index (χ0v) is 30.3. The van der Waals surface area contributed by atoms with Crippen LogP contribution in [0.1, 0.15) is 74.0 Å². The molecule has 3 atom stereocenters. The summed E-state index contributed by atoms with van der Waals surface area (Å²) in [5, 5.41) is 43.6. The number of halogens is 1. The maximum absolute atomic E-state index is 14.3. The molecule has 0 fully saturated rings. The zero-order valence-electron chi connectivity index (χ0n) is 30.3. The lowest BCUT2D eigenvalue weighted by Gasteiger charge is -2.20. The highest BCUT2D eigenvalue weighted by Gasteiger charge is 2.31. The van der Waals surface area contributed by atoms with Crippen LogP contribution in [0.5, 0.6) is 0 Å². The van der Waals surface area contributed by atoms with Gasteiger partial charge in [-0.25, -0.2) is 4.39 Å². The number of ether oxygens (including phenoxy) is 1. The number of benzene rings is 2. The second-order valence-corrected chi connectivity index (χ2v) is 12.5. The molecule has 2 aromatic carbocycles. The van der Waals surface area contributed by atoms with Crippen molar-refractivity contribution in [2.45, 2.75) is 77.2 Å². The van der Waals surface area contributed by atoms with E-state index in [1.165, 1.54) is 12.1 Å². The minimum Gasteiger partial charge on any atom is -0.463 e. The van der Waals surface area contributed by atoms with E-state index in [0.717, 1.165) is 0 Å². The van der Waals surface area contributed by atoms with Crippen LogP contribution in [0.15, 0.2) is 85.5 Å². The summed E-state index contributed by atoms with van der Waals surface area (Å²) < 4.78 is 21.1. The molecule has 0 saturated heterocycles. The van der Waals surface area contributed by atoms with Crippen molar-refractivity contribution in [3.05, 3.63) is 128 Å². The van der Waals surface area contributed by atoms with Crippen molar-refractivity contribution in [1.29, 1.82) is 0 Å². The second-order valence-electron chi connectivity index (χ2n) is 12.5. The summed E-state index contributed by atoms with van der Waals surface area (Å²) >= 11 is 0. The SMILES string of the molecule is C=C/C=C(\C=C/C)c1c(C(=O)Nc2ccccc2)c(C(C)C)n(CC[C@@H](O)C[C@@H](O)CC(=O)OCC(CCO[N+](=O)[O-])O[N+](=O)[O-])c1-c1ccc(F)cc1. The summed E-state index contributed by atoms with van der Waals surface area (Å²) in [6.07, 6.45) is 2.09. The number of aromatic nitrogens is 1. The van der Waals surface area contributed by atoms with Crippen molar-refractivity contribution in [3.8, 4) is 11.3 Å². The summed E-state index contributed by atoms with van der Waals surface area (Å²) in [7, 11) is 0. The summed E-state index contributed by atoms with van der Waals surface area (Å²) in [6, 6.07) is 14.8. The number of nitrogens with zero attached hydrogens (tertiary/aromatic N) is 3. The maximum atomic E-state index is 14.3. The van der Waals surface area contributed by atoms with Gasteiger partial charge >= 0.3 is 5.97 Å². The Labute approximate surface area is 311 Å². The summed E-state index contributed by atoms with van der Waals surface area (Å²) in [4.78, 5) is 56.3. The Balaban J connectivity index is 1.93. The lowest BCUT2D eigenvalue weighted by atomic mass is 9.93. The van der Waals surface area contributed by atoms with Crippen LogP contribution in [0, 0.1) is 26.0 Å². The van der Waals surface area contributed by atoms with Crippen molar-refractivity contribution < 1.29 is 48.8 Å². The van der Waals surface area contributed by atoms with Crippen LogP contribution in [0.25, 0.3) is 16.8 Å². The van der Waals surface area contributed by atoms with Crippen molar-refractivity contribution in [1.82, 2.24) is 4.57 Å². The minimum atomic E-state index is -1.37. The predicted octanol–water partition coefficient (Wildman–Crippen LogP) is 6.43. The van der Waals surface area contributed by atoms with Gasteiger partial charge in [-0.2, -0.15) is 0 Å². The van der Waals surface area contributed by atoms with E-state index < -0.39 is 59.9 Å². The number of amides is 1. The molecule has 1 amide bonds. The van der Waals surface area contributed by atoms with Gasteiger partial charge in [-0.3, -0.25) is 9.59 Å². The Morgan fingerprint density at radius 2 is 1.69 bits per heavy atom. The number of nitrogens with one attached hydrogen (secondary N) is 1. The molecule has 0 aliphatic heterocycles. The smallest absolute Gasteiger partial charge is 0.308 e. The van der Waals surface area contributed by atoms with Crippen LogP contribution in [0.3, 0.4) is 0 Å². The first-order valence-electron chi connectivity index (χ1n) is 17.2. The number of anilines is 1. The molecule has 54 heavy (non-hydrogen) atoms. The number of esters is 1. The van der Waals surface area contributed by atoms with Gasteiger partial charge in [0.2, 0.25) is 0 Å². The molecule has 0 saturated carbocycles. The lowest BCUT2D eigenvalue weighted by molar-refractivity contribution is -0.774. The normalized spacial score (nSPS) is 13.3.